The molecule has 27 heavy (non-hydrogen) atoms. The van der Waals surface area contributed by atoms with Crippen LogP contribution in [-0.2, 0) is 14.8 Å². The van der Waals surface area contributed by atoms with E-state index >= 15 is 0 Å². The number of nitrogens with zero attached hydrogens (tertiary/aromatic N) is 2. The van der Waals surface area contributed by atoms with Gasteiger partial charge in [0, 0.05) is 32.2 Å². The van der Waals surface area contributed by atoms with E-state index in [0.717, 1.165) is 12.0 Å². The van der Waals surface area contributed by atoms with Crippen molar-refractivity contribution >= 4 is 15.9 Å². The first kappa shape index (κ1) is 20.3. The molecule has 2 fully saturated rings. The molecule has 150 valence electrons. The van der Waals surface area contributed by atoms with Gasteiger partial charge in [-0.25, -0.2) is 8.42 Å². The van der Waals surface area contributed by atoms with Crippen molar-refractivity contribution in [3.63, 3.8) is 0 Å². The summed E-state index contributed by atoms with van der Waals surface area (Å²) in [5.41, 5.74) is 1.03. The summed E-state index contributed by atoms with van der Waals surface area (Å²) in [7, 11) is -3.48. The van der Waals surface area contributed by atoms with Gasteiger partial charge in [0.2, 0.25) is 15.9 Å². The molecule has 0 unspecified atom stereocenters. The monoisotopic (exact) mass is 393 g/mol. The zero-order valence-electron chi connectivity index (χ0n) is 16.4. The molecule has 0 aromatic heterocycles. The average Bonchev–Trinajstić information content (AvgIpc) is 2.67. The fraction of sp³-hybridized carbons (Fsp3) is 0.650. The molecule has 6 nitrogen and oxygen atoms in total. The molecule has 0 spiro atoms. The van der Waals surface area contributed by atoms with Crippen molar-refractivity contribution in [3.05, 3.63) is 29.8 Å². The van der Waals surface area contributed by atoms with Crippen molar-refractivity contribution in [1.82, 2.24) is 14.5 Å². The van der Waals surface area contributed by atoms with E-state index in [9.17, 15) is 13.2 Å². The summed E-state index contributed by atoms with van der Waals surface area (Å²) < 4.78 is 27.0. The number of carbonyl (C=O) groups is 1. The SMILES string of the molecule is Cc1ccc(S(=O)(=O)N2CCN(C(=O)CN[C@H]3CCCC[C@H]3C)CC2)cc1. The van der Waals surface area contributed by atoms with Gasteiger partial charge < -0.3 is 10.2 Å². The van der Waals surface area contributed by atoms with Gasteiger partial charge in [0.1, 0.15) is 0 Å². The van der Waals surface area contributed by atoms with Gasteiger partial charge in [0.05, 0.1) is 11.4 Å². The van der Waals surface area contributed by atoms with Crippen molar-refractivity contribution in [2.75, 3.05) is 32.7 Å². The van der Waals surface area contributed by atoms with E-state index in [1.54, 1.807) is 17.0 Å². The van der Waals surface area contributed by atoms with Crippen LogP contribution in [-0.4, -0.2) is 62.3 Å². The molecule has 1 aromatic rings. The Morgan fingerprint density at radius 3 is 2.33 bits per heavy atom. The zero-order chi connectivity index (χ0) is 19.4. The number of amides is 1. The van der Waals surface area contributed by atoms with Crippen LogP contribution in [0.5, 0.6) is 0 Å². The van der Waals surface area contributed by atoms with E-state index < -0.39 is 10.0 Å². The first-order chi connectivity index (χ1) is 12.9. The van der Waals surface area contributed by atoms with E-state index in [0.29, 0.717) is 49.6 Å². The van der Waals surface area contributed by atoms with Gasteiger partial charge in [-0.15, -0.1) is 0 Å². The molecule has 0 radical (unpaired) electrons. The summed E-state index contributed by atoms with van der Waals surface area (Å²) in [5.74, 6) is 0.684. The molecule has 1 aliphatic heterocycles. The minimum Gasteiger partial charge on any atom is -0.339 e. The summed E-state index contributed by atoms with van der Waals surface area (Å²) in [6, 6.07) is 7.34. The van der Waals surface area contributed by atoms with Gasteiger partial charge in [0.25, 0.3) is 0 Å². The third-order valence-corrected chi connectivity index (χ3v) is 7.79. The Balaban J connectivity index is 1.50. The van der Waals surface area contributed by atoms with Crippen LogP contribution in [0.4, 0.5) is 0 Å². The smallest absolute Gasteiger partial charge is 0.243 e. The Bertz CT molecular complexity index is 740. The van der Waals surface area contributed by atoms with E-state index in [1.807, 2.05) is 19.1 Å². The van der Waals surface area contributed by atoms with Crippen LogP contribution in [0, 0.1) is 12.8 Å². The lowest BCUT2D eigenvalue weighted by atomic mass is 9.86. The second-order valence-electron chi connectivity index (χ2n) is 7.85. The lowest BCUT2D eigenvalue weighted by Gasteiger charge is -2.35. The lowest BCUT2D eigenvalue weighted by Crippen LogP contribution is -2.53. The number of nitrogens with one attached hydrogen (secondary N) is 1. The number of hydrogen-bond acceptors (Lipinski definition) is 4. The first-order valence-electron chi connectivity index (χ1n) is 9.96. The van der Waals surface area contributed by atoms with Gasteiger partial charge in [-0.1, -0.05) is 37.5 Å². The molecule has 1 amide bonds. The van der Waals surface area contributed by atoms with E-state index in [4.69, 9.17) is 0 Å². The molecule has 2 aliphatic rings. The summed E-state index contributed by atoms with van der Waals surface area (Å²) in [6.07, 6.45) is 4.87. The minimum absolute atomic E-state index is 0.0696. The highest BCUT2D eigenvalue weighted by atomic mass is 32.2. The quantitative estimate of drug-likeness (QED) is 0.831. The topological polar surface area (TPSA) is 69.7 Å². The van der Waals surface area contributed by atoms with Crippen LogP contribution in [0.15, 0.2) is 29.2 Å². The maximum Gasteiger partial charge on any atom is 0.243 e. The van der Waals surface area contributed by atoms with Gasteiger partial charge in [-0.05, 0) is 37.8 Å². The van der Waals surface area contributed by atoms with Gasteiger partial charge in [0.15, 0.2) is 0 Å². The second kappa shape index (κ2) is 8.71. The van der Waals surface area contributed by atoms with Crippen LogP contribution in [0.2, 0.25) is 0 Å². The Hall–Kier alpha value is -1.44. The number of aryl methyl sites for hydroxylation is 1. The molecular formula is C20H31N3O3S. The highest BCUT2D eigenvalue weighted by Crippen LogP contribution is 2.23. The van der Waals surface area contributed by atoms with Crippen molar-refractivity contribution in [1.29, 1.82) is 0 Å². The minimum atomic E-state index is -3.48. The average molecular weight is 394 g/mol. The predicted molar refractivity (Wildman–Crippen MR) is 106 cm³/mol. The molecule has 1 aliphatic carbocycles. The fourth-order valence-electron chi connectivity index (χ4n) is 3.99. The van der Waals surface area contributed by atoms with Crippen LogP contribution < -0.4 is 5.32 Å². The highest BCUT2D eigenvalue weighted by Gasteiger charge is 2.30. The maximum absolute atomic E-state index is 12.8. The van der Waals surface area contributed by atoms with Crippen molar-refractivity contribution in [2.24, 2.45) is 5.92 Å². The number of hydrogen-bond donors (Lipinski definition) is 1. The Kier molecular flexibility index (Phi) is 6.55. The standard InChI is InChI=1S/C20H31N3O3S/c1-16-7-9-18(10-8-16)27(25,26)23-13-11-22(12-14-23)20(24)15-21-19-6-4-3-5-17(19)2/h7-10,17,19,21H,3-6,11-15H2,1-2H3/t17-,19+/m1/s1. The summed E-state index contributed by atoms with van der Waals surface area (Å²) in [6.45, 7) is 6.12. The molecule has 1 heterocycles. The maximum atomic E-state index is 12.8. The number of sulfonamides is 1. The van der Waals surface area contributed by atoms with E-state index in [2.05, 4.69) is 12.2 Å². The van der Waals surface area contributed by atoms with Crippen molar-refractivity contribution < 1.29 is 13.2 Å². The molecule has 3 rings (SSSR count). The van der Waals surface area contributed by atoms with E-state index in [-0.39, 0.29) is 5.91 Å². The van der Waals surface area contributed by atoms with Crippen molar-refractivity contribution in [3.8, 4) is 0 Å². The van der Waals surface area contributed by atoms with Crippen LogP contribution in [0.25, 0.3) is 0 Å². The van der Waals surface area contributed by atoms with Crippen LogP contribution in [0.1, 0.15) is 38.2 Å². The Morgan fingerprint density at radius 2 is 1.70 bits per heavy atom. The van der Waals surface area contributed by atoms with Gasteiger partial charge in [-0.3, -0.25) is 4.79 Å². The van der Waals surface area contributed by atoms with Crippen LogP contribution >= 0.6 is 0 Å². The molecule has 2 atom stereocenters. The predicted octanol–water partition coefficient (Wildman–Crippen LogP) is 2.00. The van der Waals surface area contributed by atoms with Gasteiger partial charge >= 0.3 is 0 Å². The van der Waals surface area contributed by atoms with Crippen LogP contribution in [0.3, 0.4) is 0 Å². The normalized spacial score (nSPS) is 24.7. The molecular weight excluding hydrogens is 362 g/mol. The molecule has 1 saturated carbocycles. The number of rotatable bonds is 5. The third kappa shape index (κ3) is 4.89. The molecule has 7 heteroatoms. The third-order valence-electron chi connectivity index (χ3n) is 5.88. The molecule has 1 N–H and O–H groups in total. The molecule has 0 bridgehead atoms. The molecule has 1 aromatic carbocycles. The lowest BCUT2D eigenvalue weighted by molar-refractivity contribution is -0.131. The van der Waals surface area contributed by atoms with E-state index in [1.165, 1.54) is 23.6 Å². The number of benzene rings is 1. The largest absolute Gasteiger partial charge is 0.339 e. The van der Waals surface area contributed by atoms with Crippen molar-refractivity contribution in [2.45, 2.75) is 50.5 Å². The summed E-state index contributed by atoms with van der Waals surface area (Å²) >= 11 is 0. The fourth-order valence-corrected chi connectivity index (χ4v) is 5.41. The summed E-state index contributed by atoms with van der Waals surface area (Å²) in [5, 5.41) is 3.42. The Labute approximate surface area is 163 Å². The summed E-state index contributed by atoms with van der Waals surface area (Å²) in [4.78, 5) is 14.6. The first-order valence-corrected chi connectivity index (χ1v) is 11.4. The molecule has 1 saturated heterocycles. The zero-order valence-corrected chi connectivity index (χ0v) is 17.2. The number of carbonyl (C=O) groups excluding carboxylic acids is 1. The number of piperazine rings is 1. The highest BCUT2D eigenvalue weighted by molar-refractivity contribution is 7.89. The Morgan fingerprint density at radius 1 is 1.07 bits per heavy atom. The second-order valence-corrected chi connectivity index (χ2v) is 9.78. The van der Waals surface area contributed by atoms with Gasteiger partial charge in [-0.2, -0.15) is 4.31 Å².